The average Bonchev–Trinajstić information content (AvgIpc) is 3.62. The number of nitrogens with one attached hydrogen (secondary N) is 1. The Morgan fingerprint density at radius 2 is 1.48 bits per heavy atom. The summed E-state index contributed by atoms with van der Waals surface area (Å²) in [6.45, 7) is 25.4. The highest BCUT2D eigenvalue weighted by molar-refractivity contribution is 5.95. The van der Waals surface area contributed by atoms with Crippen LogP contribution in [0.4, 0.5) is 5.69 Å². The molecular formula is C59H63N. The van der Waals surface area contributed by atoms with E-state index in [1.54, 1.807) is 0 Å². The number of anilines is 1. The second-order valence-electron chi connectivity index (χ2n) is 14.8. The summed E-state index contributed by atoms with van der Waals surface area (Å²) in [4.78, 5) is 0. The van der Waals surface area contributed by atoms with E-state index in [2.05, 4.69) is 204 Å². The molecule has 1 nitrogen and oxygen atoms in total. The highest BCUT2D eigenvalue weighted by Gasteiger charge is 2.45. The lowest BCUT2D eigenvalue weighted by atomic mass is 9.68. The van der Waals surface area contributed by atoms with Gasteiger partial charge in [0.2, 0.25) is 0 Å². The minimum atomic E-state index is -0.237. The molecule has 1 N–H and O–H groups in total. The lowest BCUT2D eigenvalue weighted by Gasteiger charge is -2.34. The molecule has 0 saturated carbocycles. The van der Waals surface area contributed by atoms with E-state index in [-0.39, 0.29) is 5.41 Å². The van der Waals surface area contributed by atoms with Gasteiger partial charge in [-0.25, -0.2) is 0 Å². The summed E-state index contributed by atoms with van der Waals surface area (Å²) in [5.41, 5.74) is 16.4. The van der Waals surface area contributed by atoms with Crippen molar-refractivity contribution in [3.63, 3.8) is 0 Å². The van der Waals surface area contributed by atoms with Gasteiger partial charge in [0.15, 0.2) is 0 Å². The maximum absolute atomic E-state index is 4.30. The fraction of sp³-hybridized carbons (Fsp3) is 0.186. The molecule has 1 atom stereocenters. The highest BCUT2D eigenvalue weighted by Crippen LogP contribution is 2.57. The second-order valence-corrected chi connectivity index (χ2v) is 14.8. The lowest BCUT2D eigenvalue weighted by Crippen LogP contribution is -2.28. The molecule has 0 heterocycles. The van der Waals surface area contributed by atoms with E-state index < -0.39 is 0 Å². The van der Waals surface area contributed by atoms with Crippen LogP contribution in [0.25, 0.3) is 41.0 Å². The molecule has 5 aromatic carbocycles. The Balaban J connectivity index is 0.000000237. The van der Waals surface area contributed by atoms with E-state index in [1.807, 2.05) is 44.2 Å². The summed E-state index contributed by atoms with van der Waals surface area (Å²) in [5, 5.41) is 5.95. The molecule has 0 amide bonds. The third-order valence-electron chi connectivity index (χ3n) is 11.3. The van der Waals surface area contributed by atoms with Gasteiger partial charge in [-0.05, 0) is 118 Å². The largest absolute Gasteiger partial charge is 0.381 e. The molecule has 5 aromatic rings. The highest BCUT2D eigenvalue weighted by atomic mass is 14.9. The Hall–Kier alpha value is -6.44. The minimum Gasteiger partial charge on any atom is -0.381 e. The predicted molar refractivity (Wildman–Crippen MR) is 268 cm³/mol. The van der Waals surface area contributed by atoms with Gasteiger partial charge in [-0.3, -0.25) is 0 Å². The van der Waals surface area contributed by atoms with E-state index in [1.165, 1.54) is 77.3 Å². The molecule has 0 radical (unpaired) electrons. The van der Waals surface area contributed by atoms with Crippen LogP contribution in [-0.4, -0.2) is 6.54 Å². The van der Waals surface area contributed by atoms with E-state index >= 15 is 0 Å². The maximum atomic E-state index is 4.30. The van der Waals surface area contributed by atoms with Crippen LogP contribution in [0.1, 0.15) is 92.0 Å². The maximum Gasteiger partial charge on any atom is 0.0501 e. The molecule has 2 aliphatic carbocycles. The molecule has 1 heteroatoms. The topological polar surface area (TPSA) is 12.0 Å². The van der Waals surface area contributed by atoms with Gasteiger partial charge in [0.25, 0.3) is 0 Å². The van der Waals surface area contributed by atoms with Crippen molar-refractivity contribution in [1.82, 2.24) is 0 Å². The zero-order valence-corrected chi connectivity index (χ0v) is 36.8. The van der Waals surface area contributed by atoms with E-state index in [0.717, 1.165) is 31.4 Å². The molecule has 0 aliphatic heterocycles. The quantitative estimate of drug-likeness (QED) is 0.139. The number of aryl methyl sites for hydroxylation is 1. The van der Waals surface area contributed by atoms with Gasteiger partial charge in [0.1, 0.15) is 0 Å². The zero-order chi connectivity index (χ0) is 42.9. The third-order valence-corrected chi connectivity index (χ3v) is 11.3. The van der Waals surface area contributed by atoms with Crippen LogP contribution in [0, 0.1) is 6.92 Å². The minimum absolute atomic E-state index is 0.237. The molecule has 2 aliphatic rings. The lowest BCUT2D eigenvalue weighted by molar-refractivity contribution is 0.639. The van der Waals surface area contributed by atoms with E-state index in [0.29, 0.717) is 0 Å². The first-order valence-corrected chi connectivity index (χ1v) is 21.6. The number of hydrogen-bond donors (Lipinski definition) is 1. The predicted octanol–water partition coefficient (Wildman–Crippen LogP) is 14.5. The zero-order valence-electron chi connectivity index (χ0n) is 36.8. The number of rotatable bonds is 10. The smallest absolute Gasteiger partial charge is 0.0501 e. The van der Waals surface area contributed by atoms with Crippen LogP contribution < -0.4 is 15.8 Å². The van der Waals surface area contributed by atoms with Crippen LogP contribution in [0.15, 0.2) is 183 Å². The van der Waals surface area contributed by atoms with Crippen molar-refractivity contribution in [2.45, 2.75) is 66.2 Å². The first-order valence-electron chi connectivity index (χ1n) is 21.6. The summed E-state index contributed by atoms with van der Waals surface area (Å²) in [7, 11) is 0. The Labute approximate surface area is 361 Å². The second kappa shape index (κ2) is 22.1. The summed E-state index contributed by atoms with van der Waals surface area (Å²) in [6.07, 6.45) is 30.6. The molecule has 60 heavy (non-hydrogen) atoms. The Kier molecular flexibility index (Phi) is 16.4. The molecular weight excluding hydrogens is 723 g/mol. The average molecular weight is 786 g/mol. The number of allylic oxidation sites excluding steroid dienone is 11. The molecule has 0 bridgehead atoms. The Morgan fingerprint density at radius 1 is 0.767 bits per heavy atom. The monoisotopic (exact) mass is 785 g/mol. The summed E-state index contributed by atoms with van der Waals surface area (Å²) >= 11 is 0. The molecule has 1 spiro atoms. The first kappa shape index (κ1) is 44.7. The van der Waals surface area contributed by atoms with Crippen molar-refractivity contribution in [3.8, 4) is 11.1 Å². The van der Waals surface area contributed by atoms with Crippen molar-refractivity contribution in [3.05, 3.63) is 238 Å². The van der Waals surface area contributed by atoms with Gasteiger partial charge >= 0.3 is 0 Å². The van der Waals surface area contributed by atoms with Gasteiger partial charge < -0.3 is 5.32 Å². The third kappa shape index (κ3) is 9.54. The normalized spacial score (nSPS) is 17.0. The van der Waals surface area contributed by atoms with Gasteiger partial charge in [-0.1, -0.05) is 217 Å². The van der Waals surface area contributed by atoms with Crippen LogP contribution >= 0.6 is 0 Å². The van der Waals surface area contributed by atoms with Gasteiger partial charge in [0.05, 0.1) is 5.41 Å². The van der Waals surface area contributed by atoms with Gasteiger partial charge in [-0.15, -0.1) is 0 Å². The molecule has 1 unspecified atom stereocenters. The molecule has 0 aromatic heterocycles. The first-order chi connectivity index (χ1) is 29.4. The van der Waals surface area contributed by atoms with Crippen molar-refractivity contribution in [2.24, 2.45) is 0 Å². The molecule has 0 saturated heterocycles. The van der Waals surface area contributed by atoms with Crippen molar-refractivity contribution in [1.29, 1.82) is 0 Å². The van der Waals surface area contributed by atoms with Crippen LogP contribution in [-0.2, 0) is 11.8 Å². The fourth-order valence-electron chi connectivity index (χ4n) is 8.51. The number of benzene rings is 5. The van der Waals surface area contributed by atoms with Crippen molar-refractivity contribution >= 4 is 35.6 Å². The van der Waals surface area contributed by atoms with Crippen LogP contribution in [0.5, 0.6) is 0 Å². The van der Waals surface area contributed by atoms with E-state index in [9.17, 15) is 0 Å². The SMILES string of the molecule is C=C/C(C)=C(\C=C/C)c1ccc2c(c1C=C)-c1ccccc1C21C/C=C\C=C/Cc2ccccc21.C=C/C=c1/cccc/c1=C/CNc1cccc(C)c1/C=C\CC.CC. The van der Waals surface area contributed by atoms with Crippen LogP contribution in [0.2, 0.25) is 0 Å². The van der Waals surface area contributed by atoms with Crippen LogP contribution in [0.3, 0.4) is 0 Å². The molecule has 7 rings (SSSR count). The van der Waals surface area contributed by atoms with Gasteiger partial charge in [0, 0.05) is 17.8 Å². The van der Waals surface area contributed by atoms with Crippen molar-refractivity contribution < 1.29 is 0 Å². The van der Waals surface area contributed by atoms with E-state index in [4.69, 9.17) is 0 Å². The van der Waals surface area contributed by atoms with Crippen molar-refractivity contribution in [2.75, 3.05) is 11.9 Å². The molecule has 0 fully saturated rings. The number of hydrogen-bond acceptors (Lipinski definition) is 1. The van der Waals surface area contributed by atoms with Gasteiger partial charge in [-0.2, -0.15) is 0 Å². The summed E-state index contributed by atoms with van der Waals surface area (Å²) in [5.74, 6) is 0. The summed E-state index contributed by atoms with van der Waals surface area (Å²) in [6, 6.07) is 37.3. The Bertz CT molecular complexity index is 2580. The Morgan fingerprint density at radius 3 is 2.22 bits per heavy atom. The standard InChI is InChI=1S/C35H32.C22H25N.C2H6/c1-5-16-28(25(4)6-2)29-22-23-33-34(27(29)7-3)30-19-12-14-21-32(30)35(33)24-15-9-8-10-17-26-18-11-13-20-31(26)35;1-4-6-14-21-18(3)11-9-15-22(21)23-17-16-20-13-8-7-12-19(20)10-5-2;1-2/h5-16,18-23H,2-3,17,24H2,1,4H3;5-16,23H,2,4,17H2,1,3H3;1-2H3/b10-8-,15-9-,16-5-,28-25+;14-6-,19-10-,20-16-;. The number of fused-ring (bicyclic) bond motifs is 7. The fourth-order valence-corrected chi connectivity index (χ4v) is 8.51. The summed E-state index contributed by atoms with van der Waals surface area (Å²) < 4.78 is 0. The molecule has 304 valence electrons.